The van der Waals surface area contributed by atoms with Crippen LogP contribution in [0.15, 0.2) is 54.6 Å². The van der Waals surface area contributed by atoms with E-state index in [1.165, 1.54) is 57.1 Å². The molecule has 0 radical (unpaired) electrons. The molecule has 1 aliphatic carbocycles. The Morgan fingerprint density at radius 2 is 1.34 bits per heavy atom. The minimum Gasteiger partial charge on any atom is -0.349 e. The van der Waals surface area contributed by atoms with E-state index < -0.39 is 4.92 Å². The van der Waals surface area contributed by atoms with Crippen LogP contribution in [0.25, 0.3) is 11.6 Å². The van der Waals surface area contributed by atoms with Crippen LogP contribution >= 0.6 is 0 Å². The Balaban J connectivity index is 1.77. The normalized spacial score (nSPS) is 17.1. The highest BCUT2D eigenvalue weighted by Gasteiger charge is 2.18. The fraction of sp³-hybridized carbons (Fsp3) is 0.444. The van der Waals surface area contributed by atoms with Gasteiger partial charge in [-0.3, -0.25) is 14.9 Å². The minimum atomic E-state index is -0.415. The molecular weight excluding hydrogens is 400 g/mol. The Morgan fingerprint density at radius 1 is 0.812 bits per heavy atom. The first-order valence-corrected chi connectivity index (χ1v) is 12.0. The molecular formula is C27H34N2O3. The van der Waals surface area contributed by atoms with Crippen LogP contribution in [0, 0.1) is 10.1 Å². The molecule has 0 bridgehead atoms. The zero-order valence-corrected chi connectivity index (χ0v) is 18.8. The summed E-state index contributed by atoms with van der Waals surface area (Å²) in [6, 6.07) is 16.1. The Bertz CT molecular complexity index is 879. The average Bonchev–Trinajstić information content (AvgIpc) is 2.80. The smallest absolute Gasteiger partial charge is 0.269 e. The number of amides is 1. The zero-order valence-electron chi connectivity index (χ0n) is 18.8. The van der Waals surface area contributed by atoms with Crippen molar-refractivity contribution < 1.29 is 9.72 Å². The maximum absolute atomic E-state index is 13.4. The molecule has 3 rings (SSSR count). The monoisotopic (exact) mass is 434 g/mol. The molecule has 170 valence electrons. The first-order valence-electron chi connectivity index (χ1n) is 12.0. The Morgan fingerprint density at radius 3 is 1.88 bits per heavy atom. The largest absolute Gasteiger partial charge is 0.349 e. The van der Waals surface area contributed by atoms with Crippen LogP contribution in [-0.2, 0) is 4.79 Å². The second-order valence-electron chi connectivity index (χ2n) is 8.70. The highest BCUT2D eigenvalue weighted by molar-refractivity contribution is 6.24. The van der Waals surface area contributed by atoms with Crippen molar-refractivity contribution in [2.24, 2.45) is 0 Å². The quantitative estimate of drug-likeness (QED) is 0.240. The van der Waals surface area contributed by atoms with Crippen molar-refractivity contribution in [3.05, 3.63) is 75.8 Å². The molecule has 0 unspecified atom stereocenters. The van der Waals surface area contributed by atoms with E-state index in [1.807, 2.05) is 36.4 Å². The van der Waals surface area contributed by atoms with Crippen LogP contribution in [0.1, 0.15) is 81.8 Å². The second kappa shape index (κ2) is 12.8. The number of carbonyl (C=O) groups is 1. The average molecular weight is 435 g/mol. The predicted octanol–water partition coefficient (Wildman–Crippen LogP) is 6.92. The second-order valence-corrected chi connectivity index (χ2v) is 8.70. The lowest BCUT2D eigenvalue weighted by Gasteiger charge is -2.21. The van der Waals surface area contributed by atoms with Crippen LogP contribution < -0.4 is 5.32 Å². The fourth-order valence-corrected chi connectivity index (χ4v) is 4.33. The number of hydrogen-bond acceptors (Lipinski definition) is 3. The van der Waals surface area contributed by atoms with Crippen LogP contribution in [0.2, 0.25) is 0 Å². The van der Waals surface area contributed by atoms with Gasteiger partial charge < -0.3 is 5.32 Å². The fourth-order valence-electron chi connectivity index (χ4n) is 4.33. The van der Waals surface area contributed by atoms with Gasteiger partial charge in [-0.2, -0.15) is 0 Å². The third-order valence-corrected chi connectivity index (χ3v) is 6.18. The Kier molecular flexibility index (Phi) is 9.48. The van der Waals surface area contributed by atoms with Gasteiger partial charge in [0.1, 0.15) is 0 Å². The molecule has 1 N–H and O–H groups in total. The van der Waals surface area contributed by atoms with E-state index in [1.54, 1.807) is 12.1 Å². The van der Waals surface area contributed by atoms with E-state index in [-0.39, 0.29) is 17.6 Å². The number of nitro benzene ring substituents is 1. The number of carbonyl (C=O) groups excluding carboxylic acids is 1. The number of hydrogen-bond donors (Lipinski definition) is 1. The standard InChI is InChI=1S/C27H34N2O3/c30-27(28-24-15-11-6-4-2-1-3-5-7-12-16-24)26(23-13-9-8-10-14-23)21-22-17-19-25(20-18-22)29(31)32/h8-10,13-14,17-21,24H,1-7,11-12,15-16H2,(H,28,30)/b26-21-. The molecule has 32 heavy (non-hydrogen) atoms. The molecule has 2 aromatic carbocycles. The summed E-state index contributed by atoms with van der Waals surface area (Å²) < 4.78 is 0. The van der Waals surface area contributed by atoms with Crippen molar-refractivity contribution in [1.82, 2.24) is 5.32 Å². The summed E-state index contributed by atoms with van der Waals surface area (Å²) in [5.74, 6) is -0.0772. The van der Waals surface area contributed by atoms with Crippen LogP contribution in [-0.4, -0.2) is 16.9 Å². The van der Waals surface area contributed by atoms with Gasteiger partial charge in [-0.05, 0) is 42.2 Å². The van der Waals surface area contributed by atoms with Gasteiger partial charge in [0.05, 0.1) is 4.92 Å². The number of nitrogens with one attached hydrogen (secondary N) is 1. The lowest BCUT2D eigenvalue weighted by atomic mass is 9.96. The molecule has 2 aromatic rings. The third-order valence-electron chi connectivity index (χ3n) is 6.18. The zero-order chi connectivity index (χ0) is 22.6. The van der Waals surface area contributed by atoms with Crippen molar-refractivity contribution >= 4 is 23.2 Å². The molecule has 1 amide bonds. The molecule has 0 heterocycles. The van der Waals surface area contributed by atoms with Gasteiger partial charge in [-0.25, -0.2) is 0 Å². The number of non-ortho nitro benzene ring substituents is 1. The van der Waals surface area contributed by atoms with Crippen LogP contribution in [0.5, 0.6) is 0 Å². The molecule has 0 atom stereocenters. The molecule has 0 aromatic heterocycles. The van der Waals surface area contributed by atoms with E-state index in [0.29, 0.717) is 5.57 Å². The highest BCUT2D eigenvalue weighted by Crippen LogP contribution is 2.22. The number of benzene rings is 2. The Labute approximate surface area is 191 Å². The van der Waals surface area contributed by atoms with E-state index in [0.717, 1.165) is 36.8 Å². The van der Waals surface area contributed by atoms with Gasteiger partial charge in [-0.15, -0.1) is 0 Å². The molecule has 0 spiro atoms. The topological polar surface area (TPSA) is 72.2 Å². The summed E-state index contributed by atoms with van der Waals surface area (Å²) in [7, 11) is 0. The predicted molar refractivity (Wildman–Crippen MR) is 130 cm³/mol. The van der Waals surface area contributed by atoms with Gasteiger partial charge in [0.15, 0.2) is 0 Å². The molecule has 5 nitrogen and oxygen atoms in total. The molecule has 1 saturated carbocycles. The number of nitro groups is 1. The summed E-state index contributed by atoms with van der Waals surface area (Å²) in [6.45, 7) is 0. The van der Waals surface area contributed by atoms with E-state index in [9.17, 15) is 14.9 Å². The van der Waals surface area contributed by atoms with Gasteiger partial charge in [0.25, 0.3) is 11.6 Å². The molecule has 0 aliphatic heterocycles. The molecule has 5 heteroatoms. The lowest BCUT2D eigenvalue weighted by molar-refractivity contribution is -0.384. The van der Waals surface area contributed by atoms with E-state index in [4.69, 9.17) is 0 Å². The summed E-state index contributed by atoms with van der Waals surface area (Å²) in [5.41, 5.74) is 2.24. The van der Waals surface area contributed by atoms with Crippen molar-refractivity contribution in [3.8, 4) is 0 Å². The summed E-state index contributed by atoms with van der Waals surface area (Å²) >= 11 is 0. The maximum atomic E-state index is 13.4. The first-order chi connectivity index (χ1) is 15.6. The van der Waals surface area contributed by atoms with Gasteiger partial charge in [0.2, 0.25) is 0 Å². The van der Waals surface area contributed by atoms with Crippen LogP contribution in [0.4, 0.5) is 5.69 Å². The molecule has 1 fully saturated rings. The maximum Gasteiger partial charge on any atom is 0.269 e. The molecule has 1 aliphatic rings. The summed E-state index contributed by atoms with van der Waals surface area (Å²) in [4.78, 5) is 23.9. The number of rotatable bonds is 5. The van der Waals surface area contributed by atoms with Gasteiger partial charge in [0, 0.05) is 23.7 Å². The van der Waals surface area contributed by atoms with E-state index >= 15 is 0 Å². The van der Waals surface area contributed by atoms with Crippen molar-refractivity contribution in [1.29, 1.82) is 0 Å². The van der Waals surface area contributed by atoms with Gasteiger partial charge >= 0.3 is 0 Å². The third kappa shape index (κ3) is 7.63. The highest BCUT2D eigenvalue weighted by atomic mass is 16.6. The first kappa shape index (κ1) is 23.7. The van der Waals surface area contributed by atoms with Crippen molar-refractivity contribution in [3.63, 3.8) is 0 Å². The SMILES string of the molecule is O=C(NC1CCCCCCCCCCC1)/C(=C\c1ccc([N+](=O)[O-])cc1)c1ccccc1. The number of nitrogens with zero attached hydrogens (tertiary/aromatic N) is 1. The lowest BCUT2D eigenvalue weighted by Crippen LogP contribution is -2.35. The van der Waals surface area contributed by atoms with Crippen molar-refractivity contribution in [2.45, 2.75) is 76.7 Å². The van der Waals surface area contributed by atoms with Crippen molar-refractivity contribution in [2.75, 3.05) is 0 Å². The van der Waals surface area contributed by atoms with Gasteiger partial charge in [-0.1, -0.05) is 88.1 Å². The minimum absolute atomic E-state index is 0.0427. The van der Waals surface area contributed by atoms with E-state index in [2.05, 4.69) is 5.32 Å². The summed E-state index contributed by atoms with van der Waals surface area (Å²) in [6.07, 6.45) is 15.2. The summed E-state index contributed by atoms with van der Waals surface area (Å²) in [5, 5.41) is 14.3. The Hall–Kier alpha value is -2.95. The van der Waals surface area contributed by atoms with Crippen LogP contribution in [0.3, 0.4) is 0 Å². The molecule has 0 saturated heterocycles.